The fourth-order valence-electron chi connectivity index (χ4n) is 1.98. The van der Waals surface area contributed by atoms with E-state index in [-0.39, 0.29) is 23.8 Å². The van der Waals surface area contributed by atoms with Crippen LogP contribution >= 0.6 is 0 Å². The van der Waals surface area contributed by atoms with E-state index in [2.05, 4.69) is 6.92 Å². The van der Waals surface area contributed by atoms with Crippen LogP contribution < -0.4 is 0 Å². The summed E-state index contributed by atoms with van der Waals surface area (Å²) in [7, 11) is 1.85. The zero-order valence-electron chi connectivity index (χ0n) is 10.1. The van der Waals surface area contributed by atoms with Crippen molar-refractivity contribution in [1.29, 1.82) is 0 Å². The maximum atomic E-state index is 11.9. The van der Waals surface area contributed by atoms with Gasteiger partial charge < -0.3 is 10.0 Å². The Balaban J connectivity index is 2.39. The topological polar surface area (TPSA) is 40.5 Å². The quantitative estimate of drug-likeness (QED) is 0.729. The largest absolute Gasteiger partial charge is 0.396 e. The van der Waals surface area contributed by atoms with Gasteiger partial charge in [-0.3, -0.25) is 4.79 Å². The summed E-state index contributed by atoms with van der Waals surface area (Å²) < 4.78 is 0. The minimum Gasteiger partial charge on any atom is -0.396 e. The van der Waals surface area contributed by atoms with Crippen LogP contribution in [0.2, 0.25) is 0 Å². The number of amides is 1. The van der Waals surface area contributed by atoms with Crippen LogP contribution in [-0.4, -0.2) is 36.1 Å². The Morgan fingerprint density at radius 3 is 2.53 bits per heavy atom. The molecule has 1 aliphatic carbocycles. The molecule has 0 aromatic heterocycles. The number of carbonyl (C=O) groups excluding carboxylic acids is 1. The minimum atomic E-state index is -0.0824. The predicted octanol–water partition coefficient (Wildman–Crippen LogP) is 1.65. The first-order valence-corrected chi connectivity index (χ1v) is 5.90. The molecule has 1 unspecified atom stereocenters. The van der Waals surface area contributed by atoms with Crippen LogP contribution in [0.15, 0.2) is 0 Å². The second-order valence-corrected chi connectivity index (χ2v) is 5.08. The third kappa shape index (κ3) is 3.20. The highest BCUT2D eigenvalue weighted by atomic mass is 16.3. The number of carbonyl (C=O) groups is 1. The molecular formula is C12H23NO2. The smallest absolute Gasteiger partial charge is 0.228 e. The van der Waals surface area contributed by atoms with Crippen molar-refractivity contribution in [2.45, 2.75) is 39.5 Å². The summed E-state index contributed by atoms with van der Waals surface area (Å²) in [5.41, 5.74) is -0.0824. The van der Waals surface area contributed by atoms with Crippen molar-refractivity contribution < 1.29 is 9.90 Å². The fourth-order valence-corrected chi connectivity index (χ4v) is 1.98. The molecule has 0 aromatic carbocycles. The first-order valence-electron chi connectivity index (χ1n) is 5.90. The minimum absolute atomic E-state index is 0.0824. The van der Waals surface area contributed by atoms with Gasteiger partial charge in [0.25, 0.3) is 0 Å². The summed E-state index contributed by atoms with van der Waals surface area (Å²) in [5, 5.41) is 9.17. The highest BCUT2D eigenvalue weighted by Crippen LogP contribution is 2.46. The van der Waals surface area contributed by atoms with Gasteiger partial charge in [-0.1, -0.05) is 20.3 Å². The van der Waals surface area contributed by atoms with Crippen molar-refractivity contribution in [3.63, 3.8) is 0 Å². The molecule has 0 radical (unpaired) electrons. The van der Waals surface area contributed by atoms with E-state index in [0.29, 0.717) is 6.54 Å². The molecule has 0 aromatic rings. The molecule has 0 saturated heterocycles. The Morgan fingerprint density at radius 1 is 1.53 bits per heavy atom. The zero-order chi connectivity index (χ0) is 11.5. The lowest BCUT2D eigenvalue weighted by molar-refractivity contribution is -0.135. The second kappa shape index (κ2) is 4.97. The molecule has 1 N–H and O–H groups in total. The van der Waals surface area contributed by atoms with Crippen LogP contribution in [0.1, 0.15) is 39.5 Å². The third-order valence-electron chi connectivity index (χ3n) is 3.35. The molecular weight excluding hydrogens is 190 g/mol. The fraction of sp³-hybridized carbons (Fsp3) is 0.917. The number of rotatable bonds is 6. The lowest BCUT2D eigenvalue weighted by atomic mass is 10.0. The van der Waals surface area contributed by atoms with Gasteiger partial charge in [0.15, 0.2) is 0 Å². The molecule has 1 atom stereocenters. The van der Waals surface area contributed by atoms with Crippen LogP contribution in [0.5, 0.6) is 0 Å². The molecule has 1 amide bonds. The third-order valence-corrected chi connectivity index (χ3v) is 3.35. The van der Waals surface area contributed by atoms with Crippen LogP contribution in [0.4, 0.5) is 0 Å². The number of nitrogens with zero attached hydrogens (tertiary/aromatic N) is 1. The lowest BCUT2D eigenvalue weighted by Gasteiger charge is -2.25. The Labute approximate surface area is 92.5 Å². The molecule has 0 spiro atoms. The number of hydrogen-bond acceptors (Lipinski definition) is 2. The molecule has 1 rings (SSSR count). The molecule has 1 saturated carbocycles. The Kier molecular flexibility index (Phi) is 4.14. The van der Waals surface area contributed by atoms with Gasteiger partial charge >= 0.3 is 0 Å². The van der Waals surface area contributed by atoms with E-state index in [4.69, 9.17) is 5.11 Å². The Bertz CT molecular complexity index is 224. The molecule has 1 aliphatic rings. The maximum absolute atomic E-state index is 11.9. The summed E-state index contributed by atoms with van der Waals surface area (Å²) >= 11 is 0. The van der Waals surface area contributed by atoms with E-state index in [0.717, 1.165) is 25.7 Å². The van der Waals surface area contributed by atoms with Crippen LogP contribution in [0.25, 0.3) is 0 Å². The molecule has 3 heteroatoms. The Morgan fingerprint density at radius 2 is 2.13 bits per heavy atom. The molecule has 15 heavy (non-hydrogen) atoms. The van der Waals surface area contributed by atoms with Crippen molar-refractivity contribution in [3.05, 3.63) is 0 Å². The lowest BCUT2D eigenvalue weighted by Crippen LogP contribution is -2.37. The molecule has 0 heterocycles. The summed E-state index contributed by atoms with van der Waals surface area (Å²) in [5.74, 6) is 0.489. The van der Waals surface area contributed by atoms with E-state index in [1.807, 2.05) is 14.0 Å². The summed E-state index contributed by atoms with van der Waals surface area (Å²) in [6.45, 7) is 5.01. The van der Waals surface area contributed by atoms with Gasteiger partial charge in [0.2, 0.25) is 5.91 Å². The molecule has 0 aliphatic heterocycles. The van der Waals surface area contributed by atoms with Gasteiger partial charge in [-0.05, 0) is 25.2 Å². The van der Waals surface area contributed by atoms with Gasteiger partial charge in [-0.2, -0.15) is 0 Å². The standard InChI is InChI=1S/C12H23NO2/c1-4-5-10(9-14)8-13(3)11(15)12(2)6-7-12/h10,14H,4-9H2,1-3H3. The van der Waals surface area contributed by atoms with Crippen molar-refractivity contribution >= 4 is 5.91 Å². The summed E-state index contributed by atoms with van der Waals surface area (Å²) in [4.78, 5) is 13.7. The predicted molar refractivity (Wildman–Crippen MR) is 60.5 cm³/mol. The molecule has 1 fully saturated rings. The van der Waals surface area contributed by atoms with Gasteiger partial charge in [0, 0.05) is 25.6 Å². The summed E-state index contributed by atoms with van der Waals surface area (Å²) in [6.07, 6.45) is 4.09. The van der Waals surface area contributed by atoms with Crippen molar-refractivity contribution in [1.82, 2.24) is 4.90 Å². The Hall–Kier alpha value is -0.570. The zero-order valence-corrected chi connectivity index (χ0v) is 10.1. The maximum Gasteiger partial charge on any atom is 0.228 e. The van der Waals surface area contributed by atoms with E-state index in [9.17, 15) is 4.79 Å². The van der Waals surface area contributed by atoms with E-state index >= 15 is 0 Å². The van der Waals surface area contributed by atoms with Crippen molar-refractivity contribution in [2.24, 2.45) is 11.3 Å². The first-order chi connectivity index (χ1) is 7.03. The van der Waals surface area contributed by atoms with Crippen LogP contribution in [-0.2, 0) is 4.79 Å². The molecule has 3 nitrogen and oxygen atoms in total. The summed E-state index contributed by atoms with van der Waals surface area (Å²) in [6, 6.07) is 0. The number of aliphatic hydroxyl groups excluding tert-OH is 1. The van der Waals surface area contributed by atoms with Gasteiger partial charge in [0.05, 0.1) is 0 Å². The van der Waals surface area contributed by atoms with Crippen LogP contribution in [0.3, 0.4) is 0 Å². The van der Waals surface area contributed by atoms with Gasteiger partial charge in [-0.15, -0.1) is 0 Å². The van der Waals surface area contributed by atoms with E-state index in [1.165, 1.54) is 0 Å². The highest BCUT2D eigenvalue weighted by Gasteiger charge is 2.46. The van der Waals surface area contributed by atoms with E-state index in [1.54, 1.807) is 4.90 Å². The van der Waals surface area contributed by atoms with Gasteiger partial charge in [0.1, 0.15) is 0 Å². The number of aliphatic hydroxyl groups is 1. The van der Waals surface area contributed by atoms with Crippen molar-refractivity contribution in [3.8, 4) is 0 Å². The molecule has 88 valence electrons. The second-order valence-electron chi connectivity index (χ2n) is 5.08. The van der Waals surface area contributed by atoms with Crippen LogP contribution in [0, 0.1) is 11.3 Å². The average molecular weight is 213 g/mol. The normalized spacial score (nSPS) is 19.7. The molecule has 0 bridgehead atoms. The van der Waals surface area contributed by atoms with Gasteiger partial charge in [-0.25, -0.2) is 0 Å². The highest BCUT2D eigenvalue weighted by molar-refractivity contribution is 5.84. The van der Waals surface area contributed by atoms with Crippen molar-refractivity contribution in [2.75, 3.05) is 20.2 Å². The SMILES string of the molecule is CCCC(CO)CN(C)C(=O)C1(C)CC1. The number of hydrogen-bond donors (Lipinski definition) is 1. The average Bonchev–Trinajstić information content (AvgIpc) is 2.95. The first kappa shape index (κ1) is 12.5. The monoisotopic (exact) mass is 213 g/mol. The van der Waals surface area contributed by atoms with E-state index < -0.39 is 0 Å².